The molecule has 0 saturated carbocycles. The van der Waals surface area contributed by atoms with Gasteiger partial charge in [0.1, 0.15) is 0 Å². The molecule has 0 bridgehead atoms. The van der Waals surface area contributed by atoms with Crippen molar-refractivity contribution >= 4 is 44.9 Å². The van der Waals surface area contributed by atoms with Crippen molar-refractivity contribution in [1.29, 1.82) is 10.8 Å². The van der Waals surface area contributed by atoms with Crippen LogP contribution in [0.2, 0.25) is 0 Å². The first-order valence-corrected chi connectivity index (χ1v) is 6.53. The Morgan fingerprint density at radius 3 is 2.41 bits per heavy atom. The number of hydrogen-bond acceptors (Lipinski definition) is 5. The molecule has 0 rings (SSSR count). The number of nitrogens with zero attached hydrogens (tertiary/aromatic N) is 1. The fraction of sp³-hybridized carbons (Fsp3) is 0.600. The lowest BCUT2D eigenvalue weighted by molar-refractivity contribution is 0.790. The maximum absolute atomic E-state index is 7.59. The fourth-order valence-electron chi connectivity index (χ4n) is 1.11. The van der Waals surface area contributed by atoms with Gasteiger partial charge in [-0.1, -0.05) is 11.8 Å². The van der Waals surface area contributed by atoms with E-state index in [1.807, 2.05) is 6.92 Å². The second-order valence-electron chi connectivity index (χ2n) is 3.61. The Morgan fingerprint density at radius 2 is 1.88 bits per heavy atom. The van der Waals surface area contributed by atoms with E-state index in [1.165, 1.54) is 11.8 Å². The minimum absolute atomic E-state index is 0.170. The predicted octanol–water partition coefficient (Wildman–Crippen LogP) is 2.46. The highest BCUT2D eigenvalue weighted by Crippen LogP contribution is 2.11. The topological polar surface area (TPSA) is 98.1 Å². The zero-order chi connectivity index (χ0) is 13.3. The summed E-state index contributed by atoms with van der Waals surface area (Å²) in [5.74, 6) is 0. The molecule has 5 nitrogen and oxygen atoms in total. The van der Waals surface area contributed by atoms with E-state index in [4.69, 9.17) is 16.6 Å². The van der Waals surface area contributed by atoms with Gasteiger partial charge in [-0.2, -0.15) is 5.10 Å². The third-order valence-corrected chi connectivity index (χ3v) is 2.67. The second-order valence-corrected chi connectivity index (χ2v) is 5.36. The molecule has 0 aliphatic rings. The molecule has 0 aromatic carbocycles. The number of nitrogens with one attached hydrogen (secondary N) is 3. The van der Waals surface area contributed by atoms with Crippen LogP contribution in [0.5, 0.6) is 0 Å². The smallest absolute Gasteiger partial charge is 0.184 e. The number of thiocarbonyl (C=S) groups is 1. The molecule has 0 atom stereocenters. The molecular formula is C10H19N5S2. The Labute approximate surface area is 112 Å². The molecule has 0 spiro atoms. The summed E-state index contributed by atoms with van der Waals surface area (Å²) >= 11 is 5.85. The maximum atomic E-state index is 7.59. The van der Waals surface area contributed by atoms with Crippen LogP contribution in [0.3, 0.4) is 0 Å². The quantitative estimate of drug-likeness (QED) is 0.196. The molecule has 7 heteroatoms. The number of unbranched alkanes of at least 4 members (excludes halogenated alkanes) is 1. The fourth-order valence-corrected chi connectivity index (χ4v) is 1.77. The van der Waals surface area contributed by atoms with E-state index in [1.54, 1.807) is 6.92 Å². The molecule has 0 aliphatic heterocycles. The van der Waals surface area contributed by atoms with Gasteiger partial charge in [0.05, 0.1) is 10.1 Å². The van der Waals surface area contributed by atoms with Crippen molar-refractivity contribution in [3.63, 3.8) is 0 Å². The van der Waals surface area contributed by atoms with Gasteiger partial charge in [0.2, 0.25) is 0 Å². The molecule has 0 radical (unpaired) electrons. The number of thioether (sulfide) groups is 1. The van der Waals surface area contributed by atoms with E-state index < -0.39 is 0 Å². The van der Waals surface area contributed by atoms with Gasteiger partial charge in [0.25, 0.3) is 0 Å². The van der Waals surface area contributed by atoms with Crippen molar-refractivity contribution in [3.05, 3.63) is 0 Å². The Kier molecular flexibility index (Phi) is 8.61. The van der Waals surface area contributed by atoms with Crippen LogP contribution < -0.4 is 11.2 Å². The van der Waals surface area contributed by atoms with Gasteiger partial charge in [-0.15, -0.1) is 0 Å². The lowest BCUT2D eigenvalue weighted by atomic mass is 10.1. The van der Waals surface area contributed by atoms with Crippen LogP contribution >= 0.6 is 24.0 Å². The number of rotatable bonds is 6. The number of hydrogen-bond donors (Lipinski definition) is 4. The second kappa shape index (κ2) is 9.12. The van der Waals surface area contributed by atoms with E-state index in [0.717, 1.165) is 31.4 Å². The van der Waals surface area contributed by atoms with Gasteiger partial charge in [-0.05, 0) is 51.7 Å². The van der Waals surface area contributed by atoms with E-state index >= 15 is 0 Å². The van der Waals surface area contributed by atoms with Gasteiger partial charge in [0, 0.05) is 5.71 Å². The Hall–Kier alpha value is -0.950. The van der Waals surface area contributed by atoms with Gasteiger partial charge >= 0.3 is 0 Å². The van der Waals surface area contributed by atoms with Crippen molar-refractivity contribution < 1.29 is 0 Å². The molecule has 0 amide bonds. The van der Waals surface area contributed by atoms with Crippen LogP contribution in [-0.4, -0.2) is 20.9 Å². The summed E-state index contributed by atoms with van der Waals surface area (Å²) in [7, 11) is 0. The summed E-state index contributed by atoms with van der Waals surface area (Å²) in [6.45, 7) is 3.60. The minimum Gasteiger partial charge on any atom is -0.375 e. The summed E-state index contributed by atoms with van der Waals surface area (Å²) < 4.78 is 0. The van der Waals surface area contributed by atoms with Crippen molar-refractivity contribution in [3.8, 4) is 0 Å². The van der Waals surface area contributed by atoms with Crippen LogP contribution in [0.4, 0.5) is 0 Å². The third kappa shape index (κ3) is 11.3. The molecule has 0 heterocycles. The summed E-state index contributed by atoms with van der Waals surface area (Å²) in [6.07, 6.45) is 3.47. The monoisotopic (exact) mass is 273 g/mol. The number of nitrogens with two attached hydrogens (primary N) is 1. The first-order valence-electron chi connectivity index (χ1n) is 5.31. The van der Waals surface area contributed by atoms with Crippen molar-refractivity contribution in [1.82, 2.24) is 5.43 Å². The van der Waals surface area contributed by atoms with Gasteiger partial charge in [-0.3, -0.25) is 16.2 Å². The Bertz CT molecular complexity index is 325. The summed E-state index contributed by atoms with van der Waals surface area (Å²) in [5.41, 5.74) is 8.73. The largest absolute Gasteiger partial charge is 0.375 e. The van der Waals surface area contributed by atoms with Crippen LogP contribution in [0, 0.1) is 10.8 Å². The molecule has 0 unspecified atom stereocenters. The zero-order valence-corrected chi connectivity index (χ0v) is 11.8. The van der Waals surface area contributed by atoms with Crippen LogP contribution in [0.1, 0.15) is 39.5 Å². The van der Waals surface area contributed by atoms with Gasteiger partial charge < -0.3 is 5.73 Å². The zero-order valence-electron chi connectivity index (χ0n) is 10.2. The molecule has 0 aromatic heterocycles. The standard InChI is InChI=1S/C10H19N5S2/c1-7(14-15-10(13)16)5-3-4-6-9(12)17-8(2)11/h11-12H,3-6H2,1-2H3,(H3,13,15,16)/b11-8?,12-9?,14-7-. The highest BCUT2D eigenvalue weighted by Gasteiger charge is 2.00. The highest BCUT2D eigenvalue weighted by atomic mass is 32.2. The first-order chi connectivity index (χ1) is 7.91. The van der Waals surface area contributed by atoms with E-state index in [2.05, 4.69) is 22.7 Å². The maximum Gasteiger partial charge on any atom is 0.184 e. The summed E-state index contributed by atoms with van der Waals surface area (Å²) in [6, 6.07) is 0. The molecule has 96 valence electrons. The lowest BCUT2D eigenvalue weighted by Gasteiger charge is -2.03. The molecule has 0 aliphatic carbocycles. The molecule has 0 aromatic rings. The normalized spacial score (nSPS) is 11.1. The van der Waals surface area contributed by atoms with Crippen LogP contribution in [0.15, 0.2) is 5.10 Å². The van der Waals surface area contributed by atoms with Crippen LogP contribution in [-0.2, 0) is 0 Å². The number of hydrazone groups is 1. The molecular weight excluding hydrogens is 254 g/mol. The average Bonchev–Trinajstić information content (AvgIpc) is 2.20. The molecule has 5 N–H and O–H groups in total. The first kappa shape index (κ1) is 16.1. The van der Waals surface area contributed by atoms with Crippen LogP contribution in [0.25, 0.3) is 0 Å². The van der Waals surface area contributed by atoms with E-state index in [9.17, 15) is 0 Å². The summed E-state index contributed by atoms with van der Waals surface area (Å²) in [5, 5.41) is 20.0. The summed E-state index contributed by atoms with van der Waals surface area (Å²) in [4.78, 5) is 0. The minimum atomic E-state index is 0.170. The highest BCUT2D eigenvalue weighted by molar-refractivity contribution is 8.26. The molecule has 0 saturated heterocycles. The van der Waals surface area contributed by atoms with Gasteiger partial charge in [0.15, 0.2) is 5.11 Å². The van der Waals surface area contributed by atoms with Crippen molar-refractivity contribution in [2.24, 2.45) is 10.8 Å². The SMILES string of the molecule is CC(=N)SC(=N)CCCC/C(C)=N\NC(N)=S. The average molecular weight is 273 g/mol. The Morgan fingerprint density at radius 1 is 1.29 bits per heavy atom. The third-order valence-electron chi connectivity index (χ3n) is 1.83. The molecule has 0 fully saturated rings. The lowest BCUT2D eigenvalue weighted by Crippen LogP contribution is -2.25. The van der Waals surface area contributed by atoms with Gasteiger partial charge in [-0.25, -0.2) is 0 Å². The van der Waals surface area contributed by atoms with E-state index in [0.29, 0.717) is 10.1 Å². The van der Waals surface area contributed by atoms with Crippen molar-refractivity contribution in [2.45, 2.75) is 39.5 Å². The Balaban J connectivity index is 3.63. The predicted molar refractivity (Wildman–Crippen MR) is 80.2 cm³/mol. The van der Waals surface area contributed by atoms with E-state index in [-0.39, 0.29) is 5.11 Å². The molecule has 17 heavy (non-hydrogen) atoms. The van der Waals surface area contributed by atoms with Crippen molar-refractivity contribution in [2.75, 3.05) is 0 Å².